The fraction of sp³-hybridized carbons (Fsp3) is 0.412. The first-order valence-corrected chi connectivity index (χ1v) is 8.78. The number of anilines is 2. The summed E-state index contributed by atoms with van der Waals surface area (Å²) in [6.07, 6.45) is 0.396. The van der Waals surface area contributed by atoms with Crippen molar-refractivity contribution in [2.24, 2.45) is 0 Å². The van der Waals surface area contributed by atoms with Gasteiger partial charge in [-0.1, -0.05) is 17.4 Å². The van der Waals surface area contributed by atoms with Crippen LogP contribution in [0.3, 0.4) is 0 Å². The van der Waals surface area contributed by atoms with Gasteiger partial charge < -0.3 is 9.64 Å². The Bertz CT molecular complexity index is 785. The number of nitrogens with zero attached hydrogens (tertiary/aromatic N) is 3. The number of benzene rings is 1. The molecular weight excluding hydrogens is 340 g/mol. The Balaban J connectivity index is 1.72. The molecule has 2 amide bonds. The highest BCUT2D eigenvalue weighted by Gasteiger charge is 2.34. The van der Waals surface area contributed by atoms with Gasteiger partial charge in [-0.25, -0.2) is 0 Å². The summed E-state index contributed by atoms with van der Waals surface area (Å²) in [6, 6.07) is 6.12. The van der Waals surface area contributed by atoms with E-state index in [-0.39, 0.29) is 24.3 Å². The molecule has 25 heavy (non-hydrogen) atoms. The molecule has 1 saturated heterocycles. The number of aryl methyl sites for hydroxylation is 2. The second-order valence-electron chi connectivity index (χ2n) is 6.18. The van der Waals surface area contributed by atoms with Gasteiger partial charge >= 0.3 is 0 Å². The predicted molar refractivity (Wildman–Crippen MR) is 96.0 cm³/mol. The third kappa shape index (κ3) is 4.02. The Labute approximate surface area is 150 Å². The number of ether oxygens (including phenoxy) is 1. The fourth-order valence-corrected chi connectivity index (χ4v) is 3.82. The molecule has 1 aromatic heterocycles. The highest BCUT2D eigenvalue weighted by molar-refractivity contribution is 7.15. The molecule has 0 bridgehead atoms. The summed E-state index contributed by atoms with van der Waals surface area (Å²) in [5, 5.41) is 11.9. The highest BCUT2D eigenvalue weighted by Crippen LogP contribution is 2.34. The van der Waals surface area contributed by atoms with Gasteiger partial charge in [-0.2, -0.15) is 0 Å². The van der Waals surface area contributed by atoms with Crippen LogP contribution in [0, 0.1) is 13.8 Å². The molecule has 0 radical (unpaired) electrons. The van der Waals surface area contributed by atoms with Crippen molar-refractivity contribution in [1.29, 1.82) is 0 Å². The number of hydrogen-bond donors (Lipinski definition) is 1. The average Bonchev–Trinajstić information content (AvgIpc) is 3.13. The van der Waals surface area contributed by atoms with Crippen molar-refractivity contribution in [3.05, 3.63) is 34.3 Å². The van der Waals surface area contributed by atoms with Crippen molar-refractivity contribution in [2.75, 3.05) is 30.5 Å². The van der Waals surface area contributed by atoms with Crippen LogP contribution in [0.15, 0.2) is 18.2 Å². The Morgan fingerprint density at radius 1 is 1.32 bits per heavy atom. The smallest absolute Gasteiger partial charge is 0.252 e. The molecule has 1 aliphatic heterocycles. The molecule has 1 atom stereocenters. The molecule has 1 aromatic carbocycles. The number of methoxy groups -OCH3 is 1. The van der Waals surface area contributed by atoms with Gasteiger partial charge in [0.05, 0.1) is 0 Å². The van der Waals surface area contributed by atoms with E-state index in [1.54, 1.807) is 4.90 Å². The first-order chi connectivity index (χ1) is 12.0. The van der Waals surface area contributed by atoms with Gasteiger partial charge in [-0.3, -0.25) is 14.9 Å². The molecule has 1 fully saturated rings. The lowest BCUT2D eigenvalue weighted by atomic mass is 10.1. The van der Waals surface area contributed by atoms with Crippen LogP contribution >= 0.6 is 11.3 Å². The third-order valence-corrected chi connectivity index (χ3v) is 4.96. The maximum absolute atomic E-state index is 12.4. The van der Waals surface area contributed by atoms with E-state index in [1.165, 1.54) is 18.4 Å². The summed E-state index contributed by atoms with van der Waals surface area (Å²) in [5.74, 6) is -0.210. The Morgan fingerprint density at radius 3 is 2.72 bits per heavy atom. The van der Waals surface area contributed by atoms with Crippen LogP contribution in [0.2, 0.25) is 0 Å². The van der Waals surface area contributed by atoms with E-state index < -0.39 is 0 Å². The molecule has 0 aliphatic carbocycles. The van der Waals surface area contributed by atoms with Gasteiger partial charge in [-0.15, -0.1) is 10.2 Å². The van der Waals surface area contributed by atoms with E-state index in [0.717, 1.165) is 21.8 Å². The van der Waals surface area contributed by atoms with Crippen LogP contribution in [0.4, 0.5) is 10.8 Å². The van der Waals surface area contributed by atoms with E-state index in [1.807, 2.05) is 26.0 Å². The highest BCUT2D eigenvalue weighted by atomic mass is 32.1. The van der Waals surface area contributed by atoms with E-state index in [0.29, 0.717) is 18.1 Å². The van der Waals surface area contributed by atoms with Crippen molar-refractivity contribution in [1.82, 2.24) is 10.2 Å². The zero-order valence-electron chi connectivity index (χ0n) is 14.4. The van der Waals surface area contributed by atoms with Gasteiger partial charge in [0.25, 0.3) is 5.91 Å². The van der Waals surface area contributed by atoms with Gasteiger partial charge in [-0.05, 0) is 37.1 Å². The number of hydrogen-bond acceptors (Lipinski definition) is 6. The molecule has 8 heteroatoms. The number of nitrogens with one attached hydrogen (secondary N) is 1. The number of aromatic nitrogens is 2. The van der Waals surface area contributed by atoms with Gasteiger partial charge in [0.2, 0.25) is 11.0 Å². The second kappa shape index (κ2) is 7.28. The maximum atomic E-state index is 12.4. The summed E-state index contributed by atoms with van der Waals surface area (Å²) >= 11 is 1.30. The average molecular weight is 360 g/mol. The van der Waals surface area contributed by atoms with Gasteiger partial charge in [0.1, 0.15) is 11.6 Å². The molecule has 0 saturated carbocycles. The lowest BCUT2D eigenvalue weighted by Crippen LogP contribution is -2.24. The summed E-state index contributed by atoms with van der Waals surface area (Å²) < 4.78 is 4.77. The van der Waals surface area contributed by atoms with Crippen molar-refractivity contribution in [3.8, 4) is 0 Å². The molecule has 2 aromatic rings. The van der Waals surface area contributed by atoms with Gasteiger partial charge in [0.15, 0.2) is 0 Å². The molecule has 1 N–H and O–H groups in total. The van der Waals surface area contributed by atoms with E-state index in [2.05, 4.69) is 21.6 Å². The molecule has 1 aliphatic rings. The largest absolute Gasteiger partial charge is 0.375 e. The fourth-order valence-electron chi connectivity index (χ4n) is 2.97. The van der Waals surface area contributed by atoms with Gasteiger partial charge in [0, 0.05) is 31.7 Å². The molecule has 7 nitrogen and oxygen atoms in total. The van der Waals surface area contributed by atoms with Crippen molar-refractivity contribution >= 4 is 34.0 Å². The van der Waals surface area contributed by atoms with Crippen molar-refractivity contribution < 1.29 is 14.3 Å². The standard InChI is InChI=1S/C17H20N4O3S/c1-10-4-11(2)6-13(5-10)21-8-12(7-15(21)23)16-19-20-17(25-16)18-14(22)9-24-3/h4-6,12H,7-9H2,1-3H3,(H,18,20,22)/t12-/m0/s1. The number of carbonyl (C=O) groups is 2. The normalized spacial score (nSPS) is 17.2. The summed E-state index contributed by atoms with van der Waals surface area (Å²) in [7, 11) is 1.46. The molecule has 0 unspecified atom stereocenters. The van der Waals surface area contributed by atoms with Crippen LogP contribution in [0.1, 0.15) is 28.5 Å². The minimum Gasteiger partial charge on any atom is -0.375 e. The molecule has 3 rings (SSSR count). The third-order valence-electron chi connectivity index (χ3n) is 3.95. The maximum Gasteiger partial charge on any atom is 0.252 e. The van der Waals surface area contributed by atoms with Crippen molar-refractivity contribution in [3.63, 3.8) is 0 Å². The van der Waals surface area contributed by atoms with Crippen molar-refractivity contribution in [2.45, 2.75) is 26.2 Å². The summed E-state index contributed by atoms with van der Waals surface area (Å²) in [4.78, 5) is 25.8. The molecule has 0 spiro atoms. The van der Waals surface area contributed by atoms with Crippen LogP contribution in [0.5, 0.6) is 0 Å². The summed E-state index contributed by atoms with van der Waals surface area (Å²) in [6.45, 7) is 4.59. The van der Waals surface area contributed by atoms with E-state index in [9.17, 15) is 9.59 Å². The Kier molecular flexibility index (Phi) is 5.10. The minimum absolute atomic E-state index is 0.0149. The molecule has 132 valence electrons. The van der Waals surface area contributed by atoms with E-state index in [4.69, 9.17) is 4.74 Å². The second-order valence-corrected chi connectivity index (χ2v) is 7.19. The number of amides is 2. The Morgan fingerprint density at radius 2 is 2.04 bits per heavy atom. The van der Waals surface area contributed by atoms with Crippen LogP contribution in [-0.2, 0) is 14.3 Å². The molecular formula is C17H20N4O3S. The lowest BCUT2D eigenvalue weighted by Gasteiger charge is -2.17. The van der Waals surface area contributed by atoms with Crippen LogP contribution < -0.4 is 10.2 Å². The van der Waals surface area contributed by atoms with Crippen LogP contribution in [-0.4, -0.2) is 42.3 Å². The summed E-state index contributed by atoms with van der Waals surface area (Å²) in [5.41, 5.74) is 3.18. The topological polar surface area (TPSA) is 84.4 Å². The quantitative estimate of drug-likeness (QED) is 0.884. The minimum atomic E-state index is -0.274. The van der Waals surface area contributed by atoms with Crippen LogP contribution in [0.25, 0.3) is 0 Å². The Hall–Kier alpha value is -2.32. The zero-order valence-corrected chi connectivity index (χ0v) is 15.2. The zero-order chi connectivity index (χ0) is 18.0. The number of carbonyl (C=O) groups excluding carboxylic acids is 2. The first-order valence-electron chi connectivity index (χ1n) is 7.97. The first kappa shape index (κ1) is 17.5. The van der Waals surface area contributed by atoms with E-state index >= 15 is 0 Å². The number of rotatable bonds is 5. The molecule has 2 heterocycles. The lowest BCUT2D eigenvalue weighted by molar-refractivity contribution is -0.119. The predicted octanol–water partition coefficient (Wildman–Crippen LogP) is 2.26. The SMILES string of the molecule is COCC(=O)Nc1nnc([C@H]2CC(=O)N(c3cc(C)cc(C)c3)C2)s1. The monoisotopic (exact) mass is 360 g/mol.